The van der Waals surface area contributed by atoms with Crippen LogP contribution in [0.2, 0.25) is 0 Å². The molecule has 0 aromatic heterocycles. The highest BCUT2D eigenvalue weighted by Gasteiger charge is 2.05. The van der Waals surface area contributed by atoms with E-state index in [0.717, 1.165) is 12.0 Å². The second-order valence-corrected chi connectivity index (χ2v) is 4.54. The number of nitrogens with one attached hydrogen (secondary N) is 1. The van der Waals surface area contributed by atoms with Gasteiger partial charge in [-0.3, -0.25) is 4.79 Å². The Balaban J connectivity index is 1.91. The smallest absolute Gasteiger partial charge is 0.251 e. The first kappa shape index (κ1) is 14.2. The highest BCUT2D eigenvalue weighted by atomic mass is 19.1. The molecule has 4 heteroatoms. The molecule has 20 heavy (non-hydrogen) atoms. The van der Waals surface area contributed by atoms with E-state index in [1.54, 1.807) is 0 Å². The lowest BCUT2D eigenvalue weighted by molar-refractivity contribution is 0.0951. The van der Waals surface area contributed by atoms with Crippen molar-refractivity contribution in [1.82, 2.24) is 5.32 Å². The second kappa shape index (κ2) is 6.82. The lowest BCUT2D eigenvalue weighted by Gasteiger charge is -2.06. The summed E-state index contributed by atoms with van der Waals surface area (Å²) in [5.41, 5.74) is 8.14. The molecule has 0 aliphatic heterocycles. The van der Waals surface area contributed by atoms with E-state index < -0.39 is 0 Å². The van der Waals surface area contributed by atoms with Gasteiger partial charge in [-0.25, -0.2) is 4.39 Å². The summed E-state index contributed by atoms with van der Waals surface area (Å²) in [6, 6.07) is 13.4. The summed E-state index contributed by atoms with van der Waals surface area (Å²) in [5, 5.41) is 2.80. The molecule has 104 valence electrons. The lowest BCUT2D eigenvalue weighted by atomic mass is 10.1. The van der Waals surface area contributed by atoms with E-state index in [9.17, 15) is 9.18 Å². The zero-order valence-electron chi connectivity index (χ0n) is 11.1. The van der Waals surface area contributed by atoms with Crippen LogP contribution in [0.1, 0.15) is 21.5 Å². The fraction of sp³-hybridized carbons (Fsp3) is 0.188. The van der Waals surface area contributed by atoms with Crippen molar-refractivity contribution < 1.29 is 9.18 Å². The van der Waals surface area contributed by atoms with E-state index in [1.165, 1.54) is 29.8 Å². The van der Waals surface area contributed by atoms with Gasteiger partial charge in [-0.15, -0.1) is 0 Å². The van der Waals surface area contributed by atoms with Crippen LogP contribution >= 0.6 is 0 Å². The van der Waals surface area contributed by atoms with Crippen LogP contribution in [0, 0.1) is 5.82 Å². The average Bonchev–Trinajstić information content (AvgIpc) is 2.47. The van der Waals surface area contributed by atoms with Crippen molar-refractivity contribution in [2.24, 2.45) is 5.73 Å². The van der Waals surface area contributed by atoms with Gasteiger partial charge in [-0.2, -0.15) is 0 Å². The van der Waals surface area contributed by atoms with Gasteiger partial charge in [0, 0.05) is 12.1 Å². The second-order valence-electron chi connectivity index (χ2n) is 4.54. The normalized spacial score (nSPS) is 10.3. The highest BCUT2D eigenvalue weighted by Crippen LogP contribution is 2.06. The van der Waals surface area contributed by atoms with Crippen molar-refractivity contribution in [2.75, 3.05) is 6.54 Å². The summed E-state index contributed by atoms with van der Waals surface area (Å²) in [4.78, 5) is 11.8. The molecule has 0 saturated carbocycles. The number of carbonyl (C=O) groups is 1. The molecule has 3 nitrogen and oxygen atoms in total. The molecule has 0 heterocycles. The summed E-state index contributed by atoms with van der Waals surface area (Å²) in [5.74, 6) is -0.562. The third kappa shape index (κ3) is 3.90. The lowest BCUT2D eigenvalue weighted by Crippen LogP contribution is -2.22. The minimum Gasteiger partial charge on any atom is -0.348 e. The Hall–Kier alpha value is -2.20. The van der Waals surface area contributed by atoms with Crippen molar-refractivity contribution in [3.63, 3.8) is 0 Å². The first-order valence-electron chi connectivity index (χ1n) is 6.50. The Morgan fingerprint density at radius 2 is 1.60 bits per heavy atom. The van der Waals surface area contributed by atoms with Crippen molar-refractivity contribution in [2.45, 2.75) is 13.0 Å². The van der Waals surface area contributed by atoms with Crippen molar-refractivity contribution in [3.8, 4) is 0 Å². The summed E-state index contributed by atoms with van der Waals surface area (Å²) >= 11 is 0. The van der Waals surface area contributed by atoms with E-state index >= 15 is 0 Å². The molecular formula is C16H17FN2O. The number of carbonyl (C=O) groups excluding carboxylic acids is 1. The number of rotatable bonds is 5. The fourth-order valence-electron chi connectivity index (χ4n) is 1.88. The van der Waals surface area contributed by atoms with Gasteiger partial charge >= 0.3 is 0 Å². The fourth-order valence-corrected chi connectivity index (χ4v) is 1.88. The van der Waals surface area contributed by atoms with Gasteiger partial charge in [0.05, 0.1) is 0 Å². The van der Waals surface area contributed by atoms with E-state index in [-0.39, 0.29) is 11.7 Å². The minimum absolute atomic E-state index is 0.212. The van der Waals surface area contributed by atoms with Gasteiger partial charge in [-0.1, -0.05) is 24.3 Å². The van der Waals surface area contributed by atoms with Crippen LogP contribution in [0.5, 0.6) is 0 Å². The molecule has 2 rings (SSSR count). The molecule has 2 aromatic carbocycles. The molecule has 0 radical (unpaired) electrons. The molecule has 0 aliphatic rings. The highest BCUT2D eigenvalue weighted by molar-refractivity contribution is 5.94. The largest absolute Gasteiger partial charge is 0.348 e. The van der Waals surface area contributed by atoms with Gasteiger partial charge in [-0.05, 0) is 48.4 Å². The first-order valence-corrected chi connectivity index (χ1v) is 6.50. The number of halogens is 1. The Kier molecular flexibility index (Phi) is 4.85. The molecule has 2 aromatic rings. The van der Waals surface area contributed by atoms with Gasteiger partial charge in [0.2, 0.25) is 0 Å². The zero-order valence-corrected chi connectivity index (χ0v) is 11.1. The molecule has 0 bridgehead atoms. The van der Waals surface area contributed by atoms with Crippen molar-refractivity contribution in [3.05, 3.63) is 71.0 Å². The SMILES string of the molecule is NCCc1ccc(CNC(=O)c2ccc(F)cc2)cc1. The van der Waals surface area contributed by atoms with Gasteiger partial charge in [0.25, 0.3) is 5.91 Å². The summed E-state index contributed by atoms with van der Waals surface area (Å²) in [7, 11) is 0. The number of nitrogens with two attached hydrogens (primary N) is 1. The maximum absolute atomic E-state index is 12.8. The van der Waals surface area contributed by atoms with Crippen LogP contribution in [0.4, 0.5) is 4.39 Å². The third-order valence-corrected chi connectivity index (χ3v) is 3.02. The Bertz CT molecular complexity index is 564. The number of hydrogen-bond donors (Lipinski definition) is 2. The average molecular weight is 272 g/mol. The maximum Gasteiger partial charge on any atom is 0.251 e. The number of amides is 1. The van der Waals surface area contributed by atoms with Crippen LogP contribution in [-0.4, -0.2) is 12.5 Å². The van der Waals surface area contributed by atoms with E-state index in [4.69, 9.17) is 5.73 Å². The van der Waals surface area contributed by atoms with Crippen LogP contribution in [0.3, 0.4) is 0 Å². The molecule has 0 unspecified atom stereocenters. The molecule has 0 fully saturated rings. The Labute approximate surface area is 117 Å². The molecule has 3 N–H and O–H groups in total. The van der Waals surface area contributed by atoms with Crippen LogP contribution < -0.4 is 11.1 Å². The number of hydrogen-bond acceptors (Lipinski definition) is 2. The molecule has 0 saturated heterocycles. The van der Waals surface area contributed by atoms with Crippen LogP contribution in [0.25, 0.3) is 0 Å². The Morgan fingerprint density at radius 1 is 1.00 bits per heavy atom. The van der Waals surface area contributed by atoms with E-state index in [0.29, 0.717) is 18.7 Å². The minimum atomic E-state index is -0.350. The summed E-state index contributed by atoms with van der Waals surface area (Å²) < 4.78 is 12.8. The molecule has 0 aliphatic carbocycles. The summed E-state index contributed by atoms with van der Waals surface area (Å²) in [6.45, 7) is 1.07. The maximum atomic E-state index is 12.8. The van der Waals surface area contributed by atoms with Crippen molar-refractivity contribution >= 4 is 5.91 Å². The van der Waals surface area contributed by atoms with Gasteiger partial charge in [0.15, 0.2) is 0 Å². The summed E-state index contributed by atoms with van der Waals surface area (Å²) in [6.07, 6.45) is 0.849. The third-order valence-electron chi connectivity index (χ3n) is 3.02. The first-order chi connectivity index (χ1) is 9.69. The van der Waals surface area contributed by atoms with Crippen LogP contribution in [-0.2, 0) is 13.0 Å². The quantitative estimate of drug-likeness (QED) is 0.877. The standard InChI is InChI=1S/C16H17FN2O/c17-15-7-5-14(6-8-15)16(20)19-11-13-3-1-12(2-4-13)9-10-18/h1-8H,9-11,18H2,(H,19,20). The van der Waals surface area contributed by atoms with E-state index in [1.807, 2.05) is 24.3 Å². The molecule has 1 amide bonds. The van der Waals surface area contributed by atoms with Gasteiger partial charge in [0.1, 0.15) is 5.82 Å². The molecule has 0 atom stereocenters. The van der Waals surface area contributed by atoms with Crippen molar-refractivity contribution in [1.29, 1.82) is 0 Å². The Morgan fingerprint density at radius 3 is 2.20 bits per heavy atom. The molecular weight excluding hydrogens is 255 g/mol. The predicted molar refractivity (Wildman–Crippen MR) is 76.8 cm³/mol. The number of benzene rings is 2. The van der Waals surface area contributed by atoms with Gasteiger partial charge < -0.3 is 11.1 Å². The molecule has 0 spiro atoms. The van der Waals surface area contributed by atoms with Crippen LogP contribution in [0.15, 0.2) is 48.5 Å². The van der Waals surface area contributed by atoms with E-state index in [2.05, 4.69) is 5.32 Å². The topological polar surface area (TPSA) is 55.1 Å². The predicted octanol–water partition coefficient (Wildman–Crippen LogP) is 2.26. The monoisotopic (exact) mass is 272 g/mol. The zero-order chi connectivity index (χ0) is 14.4.